The lowest BCUT2D eigenvalue weighted by molar-refractivity contribution is 0.108. The van der Waals surface area contributed by atoms with Crippen molar-refractivity contribution < 1.29 is 5.11 Å². The summed E-state index contributed by atoms with van der Waals surface area (Å²) in [6.45, 7) is 10.4. The maximum Gasteiger partial charge on any atom is 0.118 e. The Labute approximate surface area is 117 Å². The first-order chi connectivity index (χ1) is 8.90. The van der Waals surface area contributed by atoms with Gasteiger partial charge < -0.3 is 10.8 Å². The van der Waals surface area contributed by atoms with Gasteiger partial charge >= 0.3 is 0 Å². The van der Waals surface area contributed by atoms with E-state index in [1.54, 1.807) is 6.07 Å². The standard InChI is InChI=1S/C16H28N2O/c1-5-9-18(10-6-2)16(4,17)12-14-11-13(3)7-8-15(14)19/h7-8,11,19H,5-6,9-10,12,17H2,1-4H3. The third kappa shape index (κ3) is 4.51. The molecule has 1 rings (SSSR count). The van der Waals surface area contributed by atoms with E-state index in [0.717, 1.165) is 37.1 Å². The molecule has 0 aliphatic rings. The van der Waals surface area contributed by atoms with Crippen molar-refractivity contribution >= 4 is 0 Å². The number of hydrogen-bond acceptors (Lipinski definition) is 3. The molecule has 0 fully saturated rings. The second kappa shape index (κ2) is 6.92. The molecule has 0 amide bonds. The topological polar surface area (TPSA) is 49.5 Å². The van der Waals surface area contributed by atoms with E-state index in [1.165, 1.54) is 0 Å². The van der Waals surface area contributed by atoms with Gasteiger partial charge in [-0.15, -0.1) is 0 Å². The highest BCUT2D eigenvalue weighted by Crippen LogP contribution is 2.24. The van der Waals surface area contributed by atoms with Crippen LogP contribution in [0.3, 0.4) is 0 Å². The number of nitrogens with zero attached hydrogens (tertiary/aromatic N) is 1. The van der Waals surface area contributed by atoms with Gasteiger partial charge in [-0.2, -0.15) is 0 Å². The highest BCUT2D eigenvalue weighted by atomic mass is 16.3. The molecule has 19 heavy (non-hydrogen) atoms. The molecule has 3 nitrogen and oxygen atoms in total. The van der Waals surface area contributed by atoms with Crippen molar-refractivity contribution in [1.82, 2.24) is 4.90 Å². The second-order valence-corrected chi connectivity index (χ2v) is 5.65. The highest BCUT2D eigenvalue weighted by molar-refractivity contribution is 5.36. The van der Waals surface area contributed by atoms with Gasteiger partial charge in [0, 0.05) is 6.42 Å². The fourth-order valence-corrected chi connectivity index (χ4v) is 2.52. The Morgan fingerprint density at radius 1 is 1.21 bits per heavy atom. The van der Waals surface area contributed by atoms with Crippen LogP contribution < -0.4 is 5.73 Å². The lowest BCUT2D eigenvalue weighted by Gasteiger charge is -2.38. The average Bonchev–Trinajstić information content (AvgIpc) is 2.33. The van der Waals surface area contributed by atoms with Crippen molar-refractivity contribution in [3.8, 4) is 5.75 Å². The molecule has 0 saturated carbocycles. The van der Waals surface area contributed by atoms with Crippen LogP contribution in [0.25, 0.3) is 0 Å². The van der Waals surface area contributed by atoms with Crippen molar-refractivity contribution in [2.24, 2.45) is 5.73 Å². The number of rotatable bonds is 7. The van der Waals surface area contributed by atoms with Gasteiger partial charge in [-0.05, 0) is 51.4 Å². The van der Waals surface area contributed by atoms with Crippen molar-refractivity contribution in [3.63, 3.8) is 0 Å². The summed E-state index contributed by atoms with van der Waals surface area (Å²) in [6, 6.07) is 5.70. The molecule has 1 aromatic carbocycles. The number of nitrogens with two attached hydrogens (primary N) is 1. The minimum absolute atomic E-state index is 0.343. The SMILES string of the molecule is CCCN(CCC)C(C)(N)Cc1cc(C)ccc1O. The zero-order chi connectivity index (χ0) is 14.5. The molecule has 1 unspecified atom stereocenters. The van der Waals surface area contributed by atoms with E-state index >= 15 is 0 Å². The van der Waals surface area contributed by atoms with Crippen molar-refractivity contribution in [3.05, 3.63) is 29.3 Å². The van der Waals surface area contributed by atoms with Crippen molar-refractivity contribution in [2.75, 3.05) is 13.1 Å². The Balaban J connectivity index is 2.89. The Morgan fingerprint density at radius 2 is 1.79 bits per heavy atom. The van der Waals surface area contributed by atoms with Crippen LogP contribution in [0, 0.1) is 6.92 Å². The van der Waals surface area contributed by atoms with Crippen LogP contribution in [-0.4, -0.2) is 28.8 Å². The maximum atomic E-state index is 9.97. The largest absolute Gasteiger partial charge is 0.508 e. The fraction of sp³-hybridized carbons (Fsp3) is 0.625. The molecule has 1 atom stereocenters. The van der Waals surface area contributed by atoms with Gasteiger partial charge in [0.25, 0.3) is 0 Å². The molecule has 0 heterocycles. The van der Waals surface area contributed by atoms with Crippen LogP contribution in [0.15, 0.2) is 18.2 Å². The number of phenolic OH excluding ortho intramolecular Hbond substituents is 1. The average molecular weight is 264 g/mol. The summed E-state index contributed by atoms with van der Waals surface area (Å²) in [7, 11) is 0. The lowest BCUT2D eigenvalue weighted by atomic mass is 9.97. The molecular formula is C16H28N2O. The van der Waals surface area contributed by atoms with Gasteiger partial charge in [-0.3, -0.25) is 4.90 Å². The van der Waals surface area contributed by atoms with E-state index in [-0.39, 0.29) is 0 Å². The number of aryl methyl sites for hydroxylation is 1. The van der Waals surface area contributed by atoms with Crippen molar-refractivity contribution in [2.45, 2.75) is 52.6 Å². The van der Waals surface area contributed by atoms with Crippen LogP contribution in [-0.2, 0) is 6.42 Å². The van der Waals surface area contributed by atoms with Crippen molar-refractivity contribution in [1.29, 1.82) is 0 Å². The number of hydrogen-bond donors (Lipinski definition) is 2. The minimum atomic E-state index is -0.419. The smallest absolute Gasteiger partial charge is 0.118 e. The summed E-state index contributed by atoms with van der Waals surface area (Å²) in [5.74, 6) is 0.343. The third-order valence-electron chi connectivity index (χ3n) is 3.49. The van der Waals surface area contributed by atoms with E-state index < -0.39 is 5.66 Å². The minimum Gasteiger partial charge on any atom is -0.508 e. The fourth-order valence-electron chi connectivity index (χ4n) is 2.52. The lowest BCUT2D eigenvalue weighted by Crippen LogP contribution is -2.55. The third-order valence-corrected chi connectivity index (χ3v) is 3.49. The molecule has 0 aliphatic carbocycles. The molecule has 0 saturated heterocycles. The quantitative estimate of drug-likeness (QED) is 0.744. The van der Waals surface area contributed by atoms with E-state index in [9.17, 15) is 5.11 Å². The maximum absolute atomic E-state index is 9.97. The Hall–Kier alpha value is -1.06. The number of benzene rings is 1. The first-order valence-electron chi connectivity index (χ1n) is 7.23. The predicted octanol–water partition coefficient (Wildman–Crippen LogP) is 3.04. The second-order valence-electron chi connectivity index (χ2n) is 5.65. The van der Waals surface area contributed by atoms with Gasteiger partial charge in [0.2, 0.25) is 0 Å². The molecule has 0 aromatic heterocycles. The van der Waals surface area contributed by atoms with Gasteiger partial charge in [0.1, 0.15) is 5.75 Å². The summed E-state index contributed by atoms with van der Waals surface area (Å²) in [4.78, 5) is 2.31. The van der Waals surface area contributed by atoms with Gasteiger partial charge in [-0.25, -0.2) is 0 Å². The summed E-state index contributed by atoms with van der Waals surface area (Å²) >= 11 is 0. The van der Waals surface area contributed by atoms with Crippen LogP contribution >= 0.6 is 0 Å². The molecule has 0 bridgehead atoms. The summed E-state index contributed by atoms with van der Waals surface area (Å²) in [5, 5.41) is 9.97. The molecule has 0 radical (unpaired) electrons. The molecule has 3 heteroatoms. The van der Waals surface area contributed by atoms with E-state index in [0.29, 0.717) is 12.2 Å². The highest BCUT2D eigenvalue weighted by Gasteiger charge is 2.27. The van der Waals surface area contributed by atoms with Crippen LogP contribution in [0.4, 0.5) is 0 Å². The van der Waals surface area contributed by atoms with Gasteiger partial charge in [-0.1, -0.05) is 31.5 Å². The molecule has 3 N–H and O–H groups in total. The van der Waals surface area contributed by atoms with E-state index in [2.05, 4.69) is 25.7 Å². The first kappa shape index (κ1) is 16.0. The van der Waals surface area contributed by atoms with E-state index in [4.69, 9.17) is 5.73 Å². The summed E-state index contributed by atoms with van der Waals surface area (Å²) in [5.41, 5.74) is 8.17. The zero-order valence-electron chi connectivity index (χ0n) is 12.7. The molecule has 1 aromatic rings. The summed E-state index contributed by atoms with van der Waals surface area (Å²) in [6.07, 6.45) is 2.85. The Morgan fingerprint density at radius 3 is 2.32 bits per heavy atom. The predicted molar refractivity (Wildman–Crippen MR) is 81.3 cm³/mol. The molecular weight excluding hydrogens is 236 g/mol. The van der Waals surface area contributed by atoms with E-state index in [1.807, 2.05) is 19.1 Å². The number of aromatic hydroxyl groups is 1. The van der Waals surface area contributed by atoms with Crippen LogP contribution in [0.2, 0.25) is 0 Å². The summed E-state index contributed by atoms with van der Waals surface area (Å²) < 4.78 is 0. The Kier molecular flexibility index (Phi) is 5.83. The van der Waals surface area contributed by atoms with Gasteiger partial charge in [0.15, 0.2) is 0 Å². The van der Waals surface area contributed by atoms with Crippen LogP contribution in [0.1, 0.15) is 44.7 Å². The molecule has 108 valence electrons. The monoisotopic (exact) mass is 264 g/mol. The first-order valence-corrected chi connectivity index (χ1v) is 7.23. The van der Waals surface area contributed by atoms with Crippen LogP contribution in [0.5, 0.6) is 5.75 Å². The van der Waals surface area contributed by atoms with Gasteiger partial charge in [0.05, 0.1) is 5.66 Å². The molecule has 0 spiro atoms. The Bertz CT molecular complexity index is 396. The number of phenols is 1. The normalized spacial score (nSPS) is 14.6. The molecule has 0 aliphatic heterocycles. The zero-order valence-corrected chi connectivity index (χ0v) is 12.7.